The van der Waals surface area contributed by atoms with Crippen LogP contribution in [0.4, 0.5) is 17.1 Å². The van der Waals surface area contributed by atoms with Crippen molar-refractivity contribution in [2.75, 3.05) is 43.1 Å². The second kappa shape index (κ2) is 8.50. The Balaban J connectivity index is 1.73. The molecule has 2 aromatic rings. The number of carbonyl (C=O) groups excluding carboxylic acids is 1. The second-order valence-corrected chi connectivity index (χ2v) is 6.16. The van der Waals surface area contributed by atoms with Gasteiger partial charge in [-0.1, -0.05) is 18.2 Å². The largest absolute Gasteiger partial charge is 0.483 e. The number of rotatable bonds is 6. The highest BCUT2D eigenvalue weighted by molar-refractivity contribution is 5.95. The Labute approximate surface area is 156 Å². The van der Waals surface area contributed by atoms with Gasteiger partial charge in [0, 0.05) is 25.2 Å². The number of aryl methyl sites for hydroxylation is 1. The molecule has 0 unspecified atom stereocenters. The van der Waals surface area contributed by atoms with Crippen LogP contribution >= 0.6 is 0 Å². The Hall–Kier alpha value is -3.13. The maximum Gasteiger partial charge on any atom is 0.271 e. The Bertz CT molecular complexity index is 834. The monoisotopic (exact) mass is 371 g/mol. The quantitative estimate of drug-likeness (QED) is 0.620. The number of para-hydroxylation sites is 1. The van der Waals surface area contributed by atoms with Crippen molar-refractivity contribution in [2.24, 2.45) is 0 Å². The first kappa shape index (κ1) is 18.7. The summed E-state index contributed by atoms with van der Waals surface area (Å²) in [5, 5.41) is 13.9. The first-order valence-electron chi connectivity index (χ1n) is 8.64. The topological polar surface area (TPSA) is 93.9 Å². The highest BCUT2D eigenvalue weighted by atomic mass is 16.6. The number of anilines is 2. The van der Waals surface area contributed by atoms with Gasteiger partial charge in [-0.2, -0.15) is 0 Å². The van der Waals surface area contributed by atoms with Gasteiger partial charge in [0.15, 0.2) is 6.61 Å². The van der Waals surface area contributed by atoms with Crippen LogP contribution in [-0.4, -0.2) is 43.7 Å². The van der Waals surface area contributed by atoms with Gasteiger partial charge in [-0.25, -0.2) is 0 Å². The maximum atomic E-state index is 12.3. The van der Waals surface area contributed by atoms with Crippen LogP contribution in [0.3, 0.4) is 0 Å². The van der Waals surface area contributed by atoms with Crippen LogP contribution in [0, 0.1) is 17.0 Å². The van der Waals surface area contributed by atoms with Crippen LogP contribution in [0.1, 0.15) is 5.56 Å². The summed E-state index contributed by atoms with van der Waals surface area (Å²) in [4.78, 5) is 25.0. The summed E-state index contributed by atoms with van der Waals surface area (Å²) in [6, 6.07) is 11.8. The van der Waals surface area contributed by atoms with Gasteiger partial charge in [0.2, 0.25) is 0 Å². The van der Waals surface area contributed by atoms with Gasteiger partial charge in [0.1, 0.15) is 5.75 Å². The summed E-state index contributed by atoms with van der Waals surface area (Å²) in [5.41, 5.74) is 2.04. The molecule has 8 heteroatoms. The van der Waals surface area contributed by atoms with Crippen LogP contribution in [0.15, 0.2) is 42.5 Å². The average Bonchev–Trinajstić information content (AvgIpc) is 2.68. The van der Waals surface area contributed by atoms with Gasteiger partial charge in [0.05, 0.1) is 29.5 Å². The predicted molar refractivity (Wildman–Crippen MR) is 101 cm³/mol. The van der Waals surface area contributed by atoms with E-state index in [0.717, 1.165) is 5.56 Å². The first-order valence-corrected chi connectivity index (χ1v) is 8.64. The molecule has 3 rings (SSSR count). The smallest absolute Gasteiger partial charge is 0.271 e. The number of benzene rings is 2. The third-order valence-corrected chi connectivity index (χ3v) is 4.27. The molecule has 0 aliphatic carbocycles. The third-order valence-electron chi connectivity index (χ3n) is 4.27. The number of nitrogens with one attached hydrogen (secondary N) is 1. The molecular formula is C19H21N3O5. The van der Waals surface area contributed by atoms with E-state index in [0.29, 0.717) is 43.4 Å². The lowest BCUT2D eigenvalue weighted by Gasteiger charge is -2.30. The summed E-state index contributed by atoms with van der Waals surface area (Å²) in [7, 11) is 0. The lowest BCUT2D eigenvalue weighted by Crippen LogP contribution is -2.37. The fraction of sp³-hybridized carbons (Fsp3) is 0.316. The van der Waals surface area contributed by atoms with Crippen LogP contribution in [-0.2, 0) is 9.53 Å². The Morgan fingerprint density at radius 3 is 2.70 bits per heavy atom. The summed E-state index contributed by atoms with van der Waals surface area (Å²) in [5.74, 6) is 0.311. The van der Waals surface area contributed by atoms with Crippen molar-refractivity contribution >= 4 is 23.0 Å². The molecule has 1 fully saturated rings. The molecule has 1 amide bonds. The molecule has 0 spiro atoms. The van der Waals surface area contributed by atoms with E-state index in [-0.39, 0.29) is 18.2 Å². The number of hydrogen-bond donors (Lipinski definition) is 1. The van der Waals surface area contributed by atoms with E-state index in [9.17, 15) is 14.9 Å². The van der Waals surface area contributed by atoms with Gasteiger partial charge in [-0.3, -0.25) is 14.9 Å². The minimum atomic E-state index is -0.448. The highest BCUT2D eigenvalue weighted by Gasteiger charge is 2.20. The van der Waals surface area contributed by atoms with Crippen molar-refractivity contribution in [3.05, 3.63) is 58.1 Å². The van der Waals surface area contributed by atoms with Crippen molar-refractivity contribution in [1.82, 2.24) is 0 Å². The lowest BCUT2D eigenvalue weighted by atomic mass is 10.2. The summed E-state index contributed by atoms with van der Waals surface area (Å²) >= 11 is 0. The van der Waals surface area contributed by atoms with E-state index in [1.165, 1.54) is 12.1 Å². The number of ether oxygens (including phenoxy) is 2. The van der Waals surface area contributed by atoms with Gasteiger partial charge in [0.25, 0.3) is 11.6 Å². The molecular weight excluding hydrogens is 350 g/mol. The van der Waals surface area contributed by atoms with Crippen LogP contribution < -0.4 is 15.0 Å². The molecule has 0 saturated carbocycles. The van der Waals surface area contributed by atoms with E-state index >= 15 is 0 Å². The maximum absolute atomic E-state index is 12.3. The normalized spacial score (nSPS) is 13.9. The molecule has 1 aliphatic heterocycles. The highest BCUT2D eigenvalue weighted by Crippen LogP contribution is 2.31. The van der Waals surface area contributed by atoms with Crippen molar-refractivity contribution in [3.63, 3.8) is 0 Å². The van der Waals surface area contributed by atoms with Gasteiger partial charge in [-0.05, 0) is 24.6 Å². The van der Waals surface area contributed by atoms with E-state index < -0.39 is 4.92 Å². The number of hydrogen-bond acceptors (Lipinski definition) is 6. The van der Waals surface area contributed by atoms with Gasteiger partial charge >= 0.3 is 0 Å². The van der Waals surface area contributed by atoms with Crippen molar-refractivity contribution in [1.29, 1.82) is 0 Å². The summed E-state index contributed by atoms with van der Waals surface area (Å²) in [6.45, 7) is 4.02. The van der Waals surface area contributed by atoms with Gasteiger partial charge in [-0.15, -0.1) is 0 Å². The fourth-order valence-corrected chi connectivity index (χ4v) is 2.85. The van der Waals surface area contributed by atoms with Crippen LogP contribution in [0.5, 0.6) is 5.75 Å². The Morgan fingerprint density at radius 2 is 2.00 bits per heavy atom. The number of morpholine rings is 1. The minimum absolute atomic E-state index is 0.0225. The molecule has 1 aliphatic rings. The van der Waals surface area contributed by atoms with E-state index in [1.54, 1.807) is 12.1 Å². The number of non-ortho nitro benzene ring substituents is 1. The molecule has 142 valence electrons. The van der Waals surface area contributed by atoms with Crippen molar-refractivity contribution < 1.29 is 19.2 Å². The standard InChI is InChI=1S/C19H21N3O5/c1-14-4-2-3-5-18(14)27-13-19(23)20-16-7-6-15(22(24)25)12-17(16)21-8-10-26-11-9-21/h2-7,12H,8-11,13H2,1H3,(H,20,23). The zero-order chi connectivity index (χ0) is 19.2. The lowest BCUT2D eigenvalue weighted by molar-refractivity contribution is -0.384. The molecule has 2 aromatic carbocycles. The zero-order valence-corrected chi connectivity index (χ0v) is 15.0. The number of carbonyl (C=O) groups is 1. The average molecular weight is 371 g/mol. The molecule has 1 saturated heterocycles. The number of nitro groups is 1. The Kier molecular flexibility index (Phi) is 5.87. The Morgan fingerprint density at radius 1 is 1.26 bits per heavy atom. The minimum Gasteiger partial charge on any atom is -0.483 e. The van der Waals surface area contributed by atoms with E-state index in [2.05, 4.69) is 5.32 Å². The number of nitro benzene ring substituents is 1. The molecule has 0 atom stereocenters. The predicted octanol–water partition coefficient (Wildman–Crippen LogP) is 2.76. The molecule has 0 aromatic heterocycles. The number of nitrogens with zero attached hydrogens (tertiary/aromatic N) is 2. The zero-order valence-electron chi connectivity index (χ0n) is 15.0. The summed E-state index contributed by atoms with van der Waals surface area (Å²) < 4.78 is 10.9. The molecule has 1 N–H and O–H groups in total. The van der Waals surface area contributed by atoms with Crippen molar-refractivity contribution in [2.45, 2.75) is 6.92 Å². The van der Waals surface area contributed by atoms with Crippen LogP contribution in [0.25, 0.3) is 0 Å². The molecule has 8 nitrogen and oxygen atoms in total. The summed E-state index contributed by atoms with van der Waals surface area (Å²) in [6.07, 6.45) is 0. The first-order chi connectivity index (χ1) is 13.0. The fourth-order valence-electron chi connectivity index (χ4n) is 2.85. The molecule has 1 heterocycles. The SMILES string of the molecule is Cc1ccccc1OCC(=O)Nc1ccc([N+](=O)[O-])cc1N1CCOCC1. The van der Waals surface area contributed by atoms with Crippen LogP contribution in [0.2, 0.25) is 0 Å². The number of amides is 1. The van der Waals surface area contributed by atoms with E-state index in [1.807, 2.05) is 30.0 Å². The molecule has 0 bridgehead atoms. The second-order valence-electron chi connectivity index (χ2n) is 6.16. The van der Waals surface area contributed by atoms with E-state index in [4.69, 9.17) is 9.47 Å². The molecule has 27 heavy (non-hydrogen) atoms. The molecule has 0 radical (unpaired) electrons. The van der Waals surface area contributed by atoms with Crippen molar-refractivity contribution in [3.8, 4) is 5.75 Å². The van der Waals surface area contributed by atoms with Gasteiger partial charge < -0.3 is 19.7 Å². The third kappa shape index (κ3) is 4.73.